The zero-order chi connectivity index (χ0) is 28.1. The maximum absolute atomic E-state index is 13.5. The molecule has 0 saturated carbocycles. The Morgan fingerprint density at radius 2 is 1.78 bits per heavy atom. The smallest absolute Gasteiger partial charge is 0.325 e. The summed E-state index contributed by atoms with van der Waals surface area (Å²) in [5, 5.41) is 4.93. The lowest BCUT2D eigenvalue weighted by molar-refractivity contribution is -0.146. The molecule has 1 aliphatic heterocycles. The van der Waals surface area contributed by atoms with Gasteiger partial charge in [0.1, 0.15) is 6.54 Å². The number of carbonyl (C=O) groups excluding carboxylic acids is 5. The SMILES string of the molecule is CCC(C)C(C(CC(=O)N1CCCC1[C@H](OC)C(C)C(=O)NCC(=O)OC)OC)N(C)C(=O)CNC=O. The molecule has 6 atom stereocenters. The first-order valence-electron chi connectivity index (χ1n) is 12.7. The minimum atomic E-state index is -0.617. The molecule has 4 amide bonds. The lowest BCUT2D eigenvalue weighted by Crippen LogP contribution is -2.54. The number of nitrogens with one attached hydrogen (secondary N) is 2. The van der Waals surface area contributed by atoms with Crippen LogP contribution in [0.25, 0.3) is 0 Å². The van der Waals surface area contributed by atoms with Crippen molar-refractivity contribution in [3.8, 4) is 0 Å². The van der Waals surface area contributed by atoms with Gasteiger partial charge in [0, 0.05) is 27.8 Å². The molecular weight excluding hydrogens is 484 g/mol. The van der Waals surface area contributed by atoms with Crippen LogP contribution in [0.1, 0.15) is 46.5 Å². The van der Waals surface area contributed by atoms with Crippen molar-refractivity contribution in [2.24, 2.45) is 11.8 Å². The van der Waals surface area contributed by atoms with Gasteiger partial charge in [-0.2, -0.15) is 0 Å². The van der Waals surface area contributed by atoms with Crippen molar-refractivity contribution < 1.29 is 38.2 Å². The van der Waals surface area contributed by atoms with Crippen molar-refractivity contribution in [3.63, 3.8) is 0 Å². The molecule has 2 N–H and O–H groups in total. The summed E-state index contributed by atoms with van der Waals surface area (Å²) in [7, 11) is 5.91. The maximum Gasteiger partial charge on any atom is 0.325 e. The van der Waals surface area contributed by atoms with Gasteiger partial charge >= 0.3 is 5.97 Å². The molecule has 1 saturated heterocycles. The molecule has 0 bridgehead atoms. The maximum atomic E-state index is 13.5. The van der Waals surface area contributed by atoms with Gasteiger partial charge in [0.15, 0.2) is 0 Å². The highest BCUT2D eigenvalue weighted by Crippen LogP contribution is 2.29. The number of hydrogen-bond donors (Lipinski definition) is 2. The van der Waals surface area contributed by atoms with Crippen LogP contribution >= 0.6 is 0 Å². The molecule has 0 radical (unpaired) electrons. The molecule has 12 heteroatoms. The average molecular weight is 529 g/mol. The summed E-state index contributed by atoms with van der Waals surface area (Å²) in [4.78, 5) is 64.1. The Balaban J connectivity index is 3.03. The van der Waals surface area contributed by atoms with Crippen LogP contribution in [0.4, 0.5) is 0 Å². The van der Waals surface area contributed by atoms with Gasteiger partial charge in [-0.05, 0) is 18.8 Å². The Labute approximate surface area is 219 Å². The van der Waals surface area contributed by atoms with Crippen LogP contribution in [0.3, 0.4) is 0 Å². The zero-order valence-corrected chi connectivity index (χ0v) is 23.2. The van der Waals surface area contributed by atoms with E-state index in [9.17, 15) is 24.0 Å². The molecule has 0 aromatic carbocycles. The fourth-order valence-electron chi connectivity index (χ4n) is 4.97. The number of likely N-dealkylation sites (tertiary alicyclic amines) is 1. The molecule has 0 aromatic rings. The van der Waals surface area contributed by atoms with Crippen LogP contribution in [-0.4, -0.2) is 112 Å². The average Bonchev–Trinajstić information content (AvgIpc) is 3.39. The van der Waals surface area contributed by atoms with Gasteiger partial charge < -0.3 is 34.6 Å². The van der Waals surface area contributed by atoms with Crippen molar-refractivity contribution in [2.45, 2.75) is 70.7 Å². The molecule has 5 unspecified atom stereocenters. The Hall–Kier alpha value is -2.73. The predicted octanol–water partition coefficient (Wildman–Crippen LogP) is -0.0581. The first-order valence-corrected chi connectivity index (χ1v) is 12.7. The van der Waals surface area contributed by atoms with E-state index in [0.29, 0.717) is 19.4 Å². The summed E-state index contributed by atoms with van der Waals surface area (Å²) < 4.78 is 16.0. The van der Waals surface area contributed by atoms with E-state index in [1.165, 1.54) is 21.3 Å². The highest BCUT2D eigenvalue weighted by molar-refractivity contribution is 5.84. The minimum Gasteiger partial charge on any atom is -0.468 e. The summed E-state index contributed by atoms with van der Waals surface area (Å²) in [6, 6.07) is -0.714. The van der Waals surface area contributed by atoms with E-state index in [0.717, 1.165) is 12.8 Å². The van der Waals surface area contributed by atoms with E-state index in [1.54, 1.807) is 23.8 Å². The lowest BCUT2D eigenvalue weighted by atomic mass is 9.90. The molecule has 1 fully saturated rings. The quantitative estimate of drug-likeness (QED) is 0.210. The topological polar surface area (TPSA) is 144 Å². The first-order chi connectivity index (χ1) is 17.6. The Morgan fingerprint density at radius 3 is 2.32 bits per heavy atom. The molecule has 212 valence electrons. The van der Waals surface area contributed by atoms with Gasteiger partial charge in [-0.3, -0.25) is 24.0 Å². The van der Waals surface area contributed by atoms with E-state index in [2.05, 4.69) is 15.4 Å². The number of ether oxygens (including phenoxy) is 3. The molecule has 1 rings (SSSR count). The van der Waals surface area contributed by atoms with Crippen LogP contribution in [0.5, 0.6) is 0 Å². The van der Waals surface area contributed by atoms with E-state index in [4.69, 9.17) is 9.47 Å². The van der Waals surface area contributed by atoms with Crippen molar-refractivity contribution in [3.05, 3.63) is 0 Å². The summed E-state index contributed by atoms with van der Waals surface area (Å²) in [6.07, 6.45) is 1.55. The molecule has 12 nitrogen and oxygen atoms in total. The molecular formula is C25H44N4O8. The molecule has 1 heterocycles. The Kier molecular flexibility index (Phi) is 14.1. The highest BCUT2D eigenvalue weighted by atomic mass is 16.5. The Morgan fingerprint density at radius 1 is 1.11 bits per heavy atom. The van der Waals surface area contributed by atoms with Crippen molar-refractivity contribution >= 4 is 30.1 Å². The lowest BCUT2D eigenvalue weighted by Gasteiger charge is -2.39. The van der Waals surface area contributed by atoms with Crippen LogP contribution in [0, 0.1) is 11.8 Å². The Bertz CT molecular complexity index is 780. The standard InChI is InChI=1S/C25H44N4O8/c1-8-16(2)23(28(4)21(32)13-26-15-30)19(35-5)12-20(31)29-11-9-10-18(29)24(37-7)17(3)25(34)27-14-22(33)36-6/h15-19,23-24H,8-14H2,1-7H3,(H,26,30)(H,27,34)/t16?,17?,18?,19?,23?,24-/m1/s1. The van der Waals surface area contributed by atoms with Crippen molar-refractivity contribution in [2.75, 3.05) is 48.0 Å². The largest absolute Gasteiger partial charge is 0.468 e. The summed E-state index contributed by atoms with van der Waals surface area (Å²) >= 11 is 0. The number of carbonyl (C=O) groups is 5. The second kappa shape index (κ2) is 16.2. The number of likely N-dealkylation sites (N-methyl/N-ethyl adjacent to an activating group) is 1. The van der Waals surface area contributed by atoms with Gasteiger partial charge in [-0.25, -0.2) is 0 Å². The van der Waals surface area contributed by atoms with Gasteiger partial charge in [-0.15, -0.1) is 0 Å². The van der Waals surface area contributed by atoms with E-state index in [-0.39, 0.29) is 55.2 Å². The number of methoxy groups -OCH3 is 3. The van der Waals surface area contributed by atoms with Crippen LogP contribution in [0.15, 0.2) is 0 Å². The van der Waals surface area contributed by atoms with E-state index >= 15 is 0 Å². The van der Waals surface area contributed by atoms with Crippen molar-refractivity contribution in [1.82, 2.24) is 20.4 Å². The normalized spacial score (nSPS) is 19.2. The van der Waals surface area contributed by atoms with Gasteiger partial charge in [0.25, 0.3) is 0 Å². The molecule has 0 aliphatic carbocycles. The monoisotopic (exact) mass is 528 g/mol. The molecule has 37 heavy (non-hydrogen) atoms. The van der Waals surface area contributed by atoms with E-state index < -0.39 is 24.1 Å². The van der Waals surface area contributed by atoms with Crippen molar-refractivity contribution in [1.29, 1.82) is 0 Å². The molecule has 1 aliphatic rings. The second-order valence-electron chi connectivity index (χ2n) is 9.44. The van der Waals surface area contributed by atoms with E-state index in [1.807, 2.05) is 13.8 Å². The highest BCUT2D eigenvalue weighted by Gasteiger charge is 2.41. The number of esters is 1. The zero-order valence-electron chi connectivity index (χ0n) is 23.2. The number of hydrogen-bond acceptors (Lipinski definition) is 8. The van der Waals surface area contributed by atoms with Gasteiger partial charge in [-0.1, -0.05) is 27.2 Å². The number of amides is 4. The fourth-order valence-corrected chi connectivity index (χ4v) is 4.97. The summed E-state index contributed by atoms with van der Waals surface area (Å²) in [5.41, 5.74) is 0. The third kappa shape index (κ3) is 8.96. The minimum absolute atomic E-state index is 0.0301. The molecule has 0 spiro atoms. The second-order valence-corrected chi connectivity index (χ2v) is 9.44. The number of rotatable bonds is 16. The van der Waals surface area contributed by atoms with Crippen LogP contribution in [-0.2, 0) is 38.2 Å². The van der Waals surface area contributed by atoms with Crippen LogP contribution < -0.4 is 10.6 Å². The summed E-state index contributed by atoms with van der Waals surface area (Å²) in [6.45, 7) is 5.82. The fraction of sp³-hybridized carbons (Fsp3) is 0.800. The number of nitrogens with zero attached hydrogens (tertiary/aromatic N) is 2. The molecule has 0 aromatic heterocycles. The third-order valence-corrected chi connectivity index (χ3v) is 7.28. The summed E-state index contributed by atoms with van der Waals surface area (Å²) in [5.74, 6) is -1.95. The third-order valence-electron chi connectivity index (χ3n) is 7.28. The van der Waals surface area contributed by atoms with Gasteiger partial charge in [0.2, 0.25) is 24.1 Å². The predicted molar refractivity (Wildman–Crippen MR) is 135 cm³/mol. The van der Waals surface area contributed by atoms with Gasteiger partial charge in [0.05, 0.1) is 50.3 Å². The first kappa shape index (κ1) is 32.3. The van der Waals surface area contributed by atoms with Crippen LogP contribution in [0.2, 0.25) is 0 Å².